The molecule has 0 amide bonds. The van der Waals surface area contributed by atoms with Gasteiger partial charge in [0.15, 0.2) is 0 Å². The molecular formula is C14H17N3. The molecule has 0 aliphatic carbocycles. The van der Waals surface area contributed by atoms with Crippen molar-refractivity contribution in [3.05, 3.63) is 53.9 Å². The number of hydrogen-bond acceptors (Lipinski definition) is 3. The van der Waals surface area contributed by atoms with Gasteiger partial charge in [0.2, 0.25) is 0 Å². The lowest BCUT2D eigenvalue weighted by Crippen LogP contribution is -2.06. The first kappa shape index (κ1) is 11.5. The third kappa shape index (κ3) is 2.97. The Kier molecular flexibility index (Phi) is 3.60. The summed E-state index contributed by atoms with van der Waals surface area (Å²) < 4.78 is 0. The van der Waals surface area contributed by atoms with Crippen LogP contribution in [0.5, 0.6) is 0 Å². The van der Waals surface area contributed by atoms with E-state index < -0.39 is 0 Å². The fourth-order valence-corrected chi connectivity index (χ4v) is 1.74. The van der Waals surface area contributed by atoms with Crippen LogP contribution in [0.15, 0.2) is 42.7 Å². The van der Waals surface area contributed by atoms with E-state index in [1.807, 2.05) is 43.6 Å². The Balaban J connectivity index is 1.93. The average molecular weight is 227 g/mol. The highest BCUT2D eigenvalue weighted by Crippen LogP contribution is 2.20. The minimum atomic E-state index is 0.832. The summed E-state index contributed by atoms with van der Waals surface area (Å²) in [7, 11) is 0. The molecule has 17 heavy (non-hydrogen) atoms. The molecule has 1 aromatic heterocycles. The Bertz CT molecular complexity index is 480. The molecule has 1 heterocycles. The molecule has 0 aliphatic heterocycles. The van der Waals surface area contributed by atoms with Crippen molar-refractivity contribution >= 4 is 11.4 Å². The van der Waals surface area contributed by atoms with Crippen LogP contribution in [0.1, 0.15) is 11.1 Å². The number of pyridine rings is 1. The quantitative estimate of drug-likeness (QED) is 0.789. The lowest BCUT2D eigenvalue weighted by molar-refractivity contribution is 1.01. The SMILES string of the molecule is Cc1c(N)cccc1NCCc1ccncc1. The van der Waals surface area contributed by atoms with Crippen molar-refractivity contribution in [1.82, 2.24) is 4.98 Å². The molecule has 0 saturated carbocycles. The molecule has 3 heteroatoms. The summed E-state index contributed by atoms with van der Waals surface area (Å²) in [5.41, 5.74) is 10.2. The van der Waals surface area contributed by atoms with E-state index in [1.54, 1.807) is 0 Å². The van der Waals surface area contributed by atoms with Gasteiger partial charge in [-0.15, -0.1) is 0 Å². The third-order valence-corrected chi connectivity index (χ3v) is 2.85. The minimum absolute atomic E-state index is 0.832. The fraction of sp³-hybridized carbons (Fsp3) is 0.214. The molecule has 2 rings (SSSR count). The van der Waals surface area contributed by atoms with Crippen molar-refractivity contribution in [2.45, 2.75) is 13.3 Å². The van der Waals surface area contributed by atoms with Gasteiger partial charge in [-0.25, -0.2) is 0 Å². The summed E-state index contributed by atoms with van der Waals surface area (Å²) in [5.74, 6) is 0. The van der Waals surface area contributed by atoms with E-state index in [0.717, 1.165) is 29.9 Å². The molecule has 0 atom stereocenters. The second kappa shape index (κ2) is 5.34. The lowest BCUT2D eigenvalue weighted by Gasteiger charge is -2.11. The van der Waals surface area contributed by atoms with Crippen molar-refractivity contribution < 1.29 is 0 Å². The van der Waals surface area contributed by atoms with Crippen LogP contribution in [-0.4, -0.2) is 11.5 Å². The number of aromatic nitrogens is 1. The predicted octanol–water partition coefficient (Wildman–Crippen LogP) is 2.63. The normalized spacial score (nSPS) is 10.2. The van der Waals surface area contributed by atoms with E-state index in [9.17, 15) is 0 Å². The average Bonchev–Trinajstić information content (AvgIpc) is 2.36. The van der Waals surface area contributed by atoms with Crippen LogP contribution in [0.3, 0.4) is 0 Å². The van der Waals surface area contributed by atoms with Crippen molar-refractivity contribution in [1.29, 1.82) is 0 Å². The highest BCUT2D eigenvalue weighted by Gasteiger charge is 2.00. The summed E-state index contributed by atoms with van der Waals surface area (Å²) in [6, 6.07) is 10.0. The largest absolute Gasteiger partial charge is 0.398 e. The monoisotopic (exact) mass is 227 g/mol. The number of nitrogens with zero attached hydrogens (tertiary/aromatic N) is 1. The van der Waals surface area contributed by atoms with E-state index in [2.05, 4.69) is 16.4 Å². The van der Waals surface area contributed by atoms with Gasteiger partial charge in [-0.3, -0.25) is 4.98 Å². The maximum atomic E-state index is 5.86. The zero-order chi connectivity index (χ0) is 12.1. The van der Waals surface area contributed by atoms with Gasteiger partial charge in [0, 0.05) is 30.3 Å². The highest BCUT2D eigenvalue weighted by atomic mass is 14.9. The molecule has 0 saturated heterocycles. The smallest absolute Gasteiger partial charge is 0.0390 e. The summed E-state index contributed by atoms with van der Waals surface area (Å²) >= 11 is 0. The number of nitrogens with one attached hydrogen (secondary N) is 1. The van der Waals surface area contributed by atoms with Gasteiger partial charge in [0.05, 0.1) is 0 Å². The van der Waals surface area contributed by atoms with Gasteiger partial charge >= 0.3 is 0 Å². The topological polar surface area (TPSA) is 50.9 Å². The van der Waals surface area contributed by atoms with Crippen LogP contribution in [0.4, 0.5) is 11.4 Å². The molecule has 0 unspecified atom stereocenters. The first-order valence-corrected chi connectivity index (χ1v) is 5.75. The Morgan fingerprint density at radius 2 is 1.94 bits per heavy atom. The lowest BCUT2D eigenvalue weighted by atomic mass is 10.1. The summed E-state index contributed by atoms with van der Waals surface area (Å²) in [6.45, 7) is 2.93. The molecule has 88 valence electrons. The molecule has 0 fully saturated rings. The van der Waals surface area contributed by atoms with Gasteiger partial charge < -0.3 is 11.1 Å². The maximum absolute atomic E-state index is 5.86. The number of benzene rings is 1. The van der Waals surface area contributed by atoms with Gasteiger partial charge in [-0.05, 0) is 48.7 Å². The number of rotatable bonds is 4. The van der Waals surface area contributed by atoms with E-state index in [4.69, 9.17) is 5.73 Å². The third-order valence-electron chi connectivity index (χ3n) is 2.85. The Hall–Kier alpha value is -2.03. The standard InChI is InChI=1S/C14H17N3/c1-11-13(15)3-2-4-14(11)17-10-7-12-5-8-16-9-6-12/h2-6,8-9,17H,7,10,15H2,1H3. The van der Waals surface area contributed by atoms with Crippen LogP contribution in [0.2, 0.25) is 0 Å². The zero-order valence-electron chi connectivity index (χ0n) is 9.98. The van der Waals surface area contributed by atoms with Gasteiger partial charge in [0.1, 0.15) is 0 Å². The first-order chi connectivity index (χ1) is 8.27. The van der Waals surface area contributed by atoms with E-state index >= 15 is 0 Å². The van der Waals surface area contributed by atoms with Crippen LogP contribution in [-0.2, 0) is 6.42 Å². The van der Waals surface area contributed by atoms with E-state index in [1.165, 1.54) is 5.56 Å². The Morgan fingerprint density at radius 3 is 2.71 bits per heavy atom. The molecule has 2 aromatic rings. The number of hydrogen-bond donors (Lipinski definition) is 2. The maximum Gasteiger partial charge on any atom is 0.0390 e. The van der Waals surface area contributed by atoms with Gasteiger partial charge in [-0.1, -0.05) is 6.07 Å². The van der Waals surface area contributed by atoms with Crippen molar-refractivity contribution in [3.63, 3.8) is 0 Å². The molecule has 0 bridgehead atoms. The molecule has 0 spiro atoms. The molecule has 0 aliphatic rings. The summed E-state index contributed by atoms with van der Waals surface area (Å²) in [4.78, 5) is 4.00. The van der Waals surface area contributed by atoms with Crippen LogP contribution < -0.4 is 11.1 Å². The molecule has 3 N–H and O–H groups in total. The molecule has 1 aromatic carbocycles. The number of nitrogens with two attached hydrogens (primary N) is 1. The first-order valence-electron chi connectivity index (χ1n) is 5.75. The van der Waals surface area contributed by atoms with Crippen molar-refractivity contribution in [2.75, 3.05) is 17.6 Å². The second-order valence-corrected chi connectivity index (χ2v) is 4.05. The fourth-order valence-electron chi connectivity index (χ4n) is 1.74. The van der Waals surface area contributed by atoms with Gasteiger partial charge in [0.25, 0.3) is 0 Å². The highest BCUT2D eigenvalue weighted by molar-refractivity contribution is 5.62. The van der Waals surface area contributed by atoms with E-state index in [-0.39, 0.29) is 0 Å². The van der Waals surface area contributed by atoms with Crippen LogP contribution in [0, 0.1) is 6.92 Å². The predicted molar refractivity (Wildman–Crippen MR) is 72.0 cm³/mol. The second-order valence-electron chi connectivity index (χ2n) is 4.05. The van der Waals surface area contributed by atoms with Crippen LogP contribution >= 0.6 is 0 Å². The molecular weight excluding hydrogens is 210 g/mol. The summed E-state index contributed by atoms with van der Waals surface area (Å²) in [5, 5.41) is 3.40. The Morgan fingerprint density at radius 1 is 1.18 bits per heavy atom. The zero-order valence-corrected chi connectivity index (χ0v) is 9.98. The van der Waals surface area contributed by atoms with E-state index in [0.29, 0.717) is 0 Å². The minimum Gasteiger partial charge on any atom is -0.398 e. The molecule has 0 radical (unpaired) electrons. The number of anilines is 2. The van der Waals surface area contributed by atoms with Crippen molar-refractivity contribution in [2.24, 2.45) is 0 Å². The number of nitrogen functional groups attached to an aromatic ring is 1. The van der Waals surface area contributed by atoms with Crippen LogP contribution in [0.25, 0.3) is 0 Å². The van der Waals surface area contributed by atoms with Crippen molar-refractivity contribution in [3.8, 4) is 0 Å². The Labute approximate surface area is 102 Å². The summed E-state index contributed by atoms with van der Waals surface area (Å²) in [6.07, 6.45) is 4.62. The van der Waals surface area contributed by atoms with Gasteiger partial charge in [-0.2, -0.15) is 0 Å². The molecule has 3 nitrogen and oxygen atoms in total.